The predicted molar refractivity (Wildman–Crippen MR) is 49.5 cm³/mol. The van der Waals surface area contributed by atoms with Crippen molar-refractivity contribution in [1.29, 1.82) is 5.26 Å². The number of anilines is 2. The summed E-state index contributed by atoms with van der Waals surface area (Å²) in [5, 5.41) is 11.2. The number of nitrogen functional groups attached to an aromatic ring is 1. The molecule has 0 unspecified atom stereocenters. The molecule has 0 saturated carbocycles. The molecule has 0 bridgehead atoms. The highest BCUT2D eigenvalue weighted by atomic mass is 19.1. The molecule has 1 rings (SSSR count). The number of benzene rings is 1. The van der Waals surface area contributed by atoms with Crippen LogP contribution < -0.4 is 11.1 Å². The summed E-state index contributed by atoms with van der Waals surface area (Å²) in [5.41, 5.74) is 6.54. The van der Waals surface area contributed by atoms with E-state index >= 15 is 0 Å². The van der Waals surface area contributed by atoms with E-state index in [4.69, 9.17) is 11.0 Å². The molecule has 0 fully saturated rings. The molecule has 13 heavy (non-hydrogen) atoms. The van der Waals surface area contributed by atoms with Crippen LogP contribution >= 0.6 is 0 Å². The fourth-order valence-corrected chi connectivity index (χ4v) is 0.948. The largest absolute Gasteiger partial charge is 0.397 e. The Labute approximate surface area is 76.0 Å². The lowest BCUT2D eigenvalue weighted by Crippen LogP contribution is -2.03. The summed E-state index contributed by atoms with van der Waals surface area (Å²) in [6, 6.07) is 6.12. The van der Waals surface area contributed by atoms with E-state index in [0.29, 0.717) is 24.3 Å². The summed E-state index contributed by atoms with van der Waals surface area (Å²) in [6.45, 7) is 0.520. The van der Waals surface area contributed by atoms with E-state index in [2.05, 4.69) is 5.32 Å². The van der Waals surface area contributed by atoms with Crippen LogP contribution in [0, 0.1) is 17.1 Å². The molecule has 0 saturated heterocycles. The topological polar surface area (TPSA) is 61.8 Å². The molecular weight excluding hydrogens is 169 g/mol. The van der Waals surface area contributed by atoms with Crippen LogP contribution in [-0.4, -0.2) is 6.54 Å². The monoisotopic (exact) mass is 179 g/mol. The second-order valence-corrected chi connectivity index (χ2v) is 2.57. The Morgan fingerprint density at radius 2 is 2.31 bits per heavy atom. The van der Waals surface area contributed by atoms with Crippen molar-refractivity contribution in [1.82, 2.24) is 0 Å². The summed E-state index contributed by atoms with van der Waals surface area (Å²) in [4.78, 5) is 0. The summed E-state index contributed by atoms with van der Waals surface area (Å²) >= 11 is 0. The lowest BCUT2D eigenvalue weighted by Gasteiger charge is -2.06. The van der Waals surface area contributed by atoms with Gasteiger partial charge in [-0.2, -0.15) is 5.26 Å². The Hall–Kier alpha value is -1.76. The van der Waals surface area contributed by atoms with Crippen LogP contribution in [0.15, 0.2) is 18.2 Å². The lowest BCUT2D eigenvalue weighted by atomic mass is 10.2. The average molecular weight is 179 g/mol. The summed E-state index contributed by atoms with van der Waals surface area (Å²) in [7, 11) is 0. The number of nitrogens with zero attached hydrogens (tertiary/aromatic N) is 1. The van der Waals surface area contributed by atoms with Crippen LogP contribution in [0.5, 0.6) is 0 Å². The van der Waals surface area contributed by atoms with Gasteiger partial charge >= 0.3 is 0 Å². The highest BCUT2D eigenvalue weighted by Crippen LogP contribution is 2.18. The molecule has 68 valence electrons. The number of halogens is 1. The summed E-state index contributed by atoms with van der Waals surface area (Å²) in [5.74, 6) is -0.358. The molecule has 3 N–H and O–H groups in total. The number of nitriles is 1. The van der Waals surface area contributed by atoms with Crippen molar-refractivity contribution in [2.24, 2.45) is 0 Å². The van der Waals surface area contributed by atoms with Crippen LogP contribution in [0.1, 0.15) is 6.42 Å². The second-order valence-electron chi connectivity index (χ2n) is 2.57. The molecule has 0 aliphatic rings. The molecule has 3 nitrogen and oxygen atoms in total. The molecular formula is C9H10FN3. The summed E-state index contributed by atoms with van der Waals surface area (Å²) in [6.07, 6.45) is 0.400. The molecule has 1 aromatic rings. The SMILES string of the molecule is N#CCCNc1ccc(F)cc1N. The summed E-state index contributed by atoms with van der Waals surface area (Å²) < 4.78 is 12.6. The van der Waals surface area contributed by atoms with Crippen molar-refractivity contribution < 1.29 is 4.39 Å². The normalized spacial score (nSPS) is 9.23. The maximum absolute atomic E-state index is 12.6. The number of nitrogens with two attached hydrogens (primary N) is 1. The van der Waals surface area contributed by atoms with Crippen molar-refractivity contribution in [3.8, 4) is 6.07 Å². The Bertz CT molecular complexity index is 330. The zero-order valence-electron chi connectivity index (χ0n) is 7.05. The van der Waals surface area contributed by atoms with Gasteiger partial charge in [0.15, 0.2) is 0 Å². The maximum Gasteiger partial charge on any atom is 0.125 e. The minimum atomic E-state index is -0.358. The number of hydrogen-bond donors (Lipinski definition) is 2. The molecule has 0 spiro atoms. The number of nitrogens with one attached hydrogen (secondary N) is 1. The molecule has 1 aromatic carbocycles. The van der Waals surface area contributed by atoms with E-state index in [1.54, 1.807) is 6.07 Å². The Morgan fingerprint density at radius 3 is 2.92 bits per heavy atom. The third-order valence-corrected chi connectivity index (χ3v) is 1.57. The quantitative estimate of drug-likeness (QED) is 0.548. The average Bonchev–Trinajstić information content (AvgIpc) is 2.09. The standard InChI is InChI=1S/C9H10FN3/c10-7-2-3-9(8(12)6-7)13-5-1-4-11/h2-3,6,13H,1,5,12H2. The van der Waals surface area contributed by atoms with Gasteiger partial charge in [-0.3, -0.25) is 0 Å². The van der Waals surface area contributed by atoms with Gasteiger partial charge in [0, 0.05) is 6.54 Å². The smallest absolute Gasteiger partial charge is 0.125 e. The van der Waals surface area contributed by atoms with Crippen LogP contribution in [0.25, 0.3) is 0 Å². The first-order valence-electron chi connectivity index (χ1n) is 3.90. The van der Waals surface area contributed by atoms with Crippen molar-refractivity contribution in [2.45, 2.75) is 6.42 Å². The Morgan fingerprint density at radius 1 is 1.54 bits per heavy atom. The van der Waals surface area contributed by atoms with Gasteiger partial charge in [-0.1, -0.05) is 0 Å². The van der Waals surface area contributed by atoms with E-state index < -0.39 is 0 Å². The molecule has 0 radical (unpaired) electrons. The molecule has 0 atom stereocenters. The zero-order valence-corrected chi connectivity index (χ0v) is 7.05. The molecule has 0 heterocycles. The minimum absolute atomic E-state index is 0.358. The molecule has 0 aromatic heterocycles. The van der Waals surface area contributed by atoms with E-state index in [0.717, 1.165) is 0 Å². The van der Waals surface area contributed by atoms with Gasteiger partial charge in [0.25, 0.3) is 0 Å². The number of rotatable bonds is 3. The van der Waals surface area contributed by atoms with Gasteiger partial charge in [-0.25, -0.2) is 4.39 Å². The van der Waals surface area contributed by atoms with E-state index in [1.807, 2.05) is 6.07 Å². The van der Waals surface area contributed by atoms with Crippen molar-refractivity contribution >= 4 is 11.4 Å². The zero-order chi connectivity index (χ0) is 9.68. The highest BCUT2D eigenvalue weighted by Gasteiger charge is 1.98. The third-order valence-electron chi connectivity index (χ3n) is 1.57. The van der Waals surface area contributed by atoms with E-state index in [-0.39, 0.29) is 5.82 Å². The van der Waals surface area contributed by atoms with E-state index in [1.165, 1.54) is 12.1 Å². The predicted octanol–water partition coefficient (Wildman–Crippen LogP) is 1.73. The first kappa shape index (κ1) is 9.33. The Kier molecular flexibility index (Phi) is 3.09. The third kappa shape index (κ3) is 2.64. The van der Waals surface area contributed by atoms with Crippen LogP contribution in [0.2, 0.25) is 0 Å². The first-order valence-corrected chi connectivity index (χ1v) is 3.90. The fourth-order valence-electron chi connectivity index (χ4n) is 0.948. The molecule has 0 amide bonds. The van der Waals surface area contributed by atoms with Crippen LogP contribution in [-0.2, 0) is 0 Å². The second kappa shape index (κ2) is 4.31. The number of hydrogen-bond acceptors (Lipinski definition) is 3. The van der Waals surface area contributed by atoms with Gasteiger partial charge in [-0.05, 0) is 18.2 Å². The fraction of sp³-hybridized carbons (Fsp3) is 0.222. The minimum Gasteiger partial charge on any atom is -0.397 e. The van der Waals surface area contributed by atoms with Crippen molar-refractivity contribution in [3.63, 3.8) is 0 Å². The lowest BCUT2D eigenvalue weighted by molar-refractivity contribution is 0.628. The van der Waals surface area contributed by atoms with Gasteiger partial charge in [0.2, 0.25) is 0 Å². The van der Waals surface area contributed by atoms with Crippen LogP contribution in [0.4, 0.5) is 15.8 Å². The van der Waals surface area contributed by atoms with Gasteiger partial charge in [0.1, 0.15) is 5.82 Å². The van der Waals surface area contributed by atoms with Gasteiger partial charge < -0.3 is 11.1 Å². The van der Waals surface area contributed by atoms with Gasteiger partial charge in [-0.15, -0.1) is 0 Å². The Balaban J connectivity index is 2.62. The van der Waals surface area contributed by atoms with E-state index in [9.17, 15) is 4.39 Å². The highest BCUT2D eigenvalue weighted by molar-refractivity contribution is 5.65. The first-order chi connectivity index (χ1) is 6.24. The maximum atomic E-state index is 12.6. The van der Waals surface area contributed by atoms with Gasteiger partial charge in [0.05, 0.1) is 23.9 Å². The van der Waals surface area contributed by atoms with Crippen molar-refractivity contribution in [2.75, 3.05) is 17.6 Å². The molecule has 0 aliphatic carbocycles. The molecule has 4 heteroatoms. The van der Waals surface area contributed by atoms with Crippen LogP contribution in [0.3, 0.4) is 0 Å². The molecule has 0 aliphatic heterocycles. The van der Waals surface area contributed by atoms with Crippen molar-refractivity contribution in [3.05, 3.63) is 24.0 Å².